The summed E-state index contributed by atoms with van der Waals surface area (Å²) in [5.74, 6) is 1.14. The molecule has 0 bridgehead atoms. The highest BCUT2D eigenvalue weighted by molar-refractivity contribution is 7.13. The van der Waals surface area contributed by atoms with E-state index < -0.39 is 0 Å². The Labute approximate surface area is 193 Å². The van der Waals surface area contributed by atoms with Crippen molar-refractivity contribution in [1.82, 2.24) is 14.6 Å². The van der Waals surface area contributed by atoms with Gasteiger partial charge in [0.05, 0.1) is 4.70 Å². The summed E-state index contributed by atoms with van der Waals surface area (Å²) in [6, 6.07) is 17.0. The number of carbonyl (C=O) groups excluding carboxylic acids is 1. The second-order valence-corrected chi connectivity index (χ2v) is 9.67. The zero-order valence-corrected chi connectivity index (χ0v) is 19.2. The van der Waals surface area contributed by atoms with Gasteiger partial charge < -0.3 is 15.5 Å². The van der Waals surface area contributed by atoms with E-state index in [9.17, 15) is 4.79 Å². The minimum Gasteiger partial charge on any atom is -0.353 e. The highest BCUT2D eigenvalue weighted by Gasteiger charge is 2.21. The van der Waals surface area contributed by atoms with Crippen molar-refractivity contribution in [3.63, 3.8) is 0 Å². The summed E-state index contributed by atoms with van der Waals surface area (Å²) in [5.41, 5.74) is 2.13. The number of urea groups is 1. The van der Waals surface area contributed by atoms with E-state index in [-0.39, 0.29) is 6.03 Å². The SMILES string of the molecule is O=C(Nc1cccc(CCN2CCN(c3nsc4ccccc34)CC2)c1)NC1CCCC1. The van der Waals surface area contributed by atoms with Gasteiger partial charge in [-0.25, -0.2) is 4.79 Å². The number of rotatable bonds is 6. The third-order valence-corrected chi connectivity index (χ3v) is 7.44. The summed E-state index contributed by atoms with van der Waals surface area (Å²) in [6.45, 7) is 5.15. The molecule has 2 aliphatic rings. The zero-order chi connectivity index (χ0) is 21.8. The lowest BCUT2D eigenvalue weighted by Gasteiger charge is -2.35. The van der Waals surface area contributed by atoms with E-state index in [0.29, 0.717) is 6.04 Å². The fourth-order valence-corrected chi connectivity index (χ4v) is 5.59. The Bertz CT molecular complexity index is 1050. The van der Waals surface area contributed by atoms with Crippen molar-refractivity contribution in [2.75, 3.05) is 42.9 Å². The molecule has 0 atom stereocenters. The molecule has 0 unspecified atom stereocenters. The van der Waals surface area contributed by atoms with Crippen LogP contribution in [0.3, 0.4) is 0 Å². The summed E-state index contributed by atoms with van der Waals surface area (Å²) in [7, 11) is 0. The number of nitrogens with zero attached hydrogens (tertiary/aromatic N) is 3. The van der Waals surface area contributed by atoms with Crippen molar-refractivity contribution < 1.29 is 4.79 Å². The fourth-order valence-electron chi connectivity index (χ4n) is 4.80. The largest absolute Gasteiger partial charge is 0.353 e. The lowest BCUT2D eigenvalue weighted by molar-refractivity contribution is 0.248. The lowest BCUT2D eigenvalue weighted by Crippen LogP contribution is -2.47. The maximum Gasteiger partial charge on any atom is 0.319 e. The third-order valence-electron chi connectivity index (χ3n) is 6.62. The monoisotopic (exact) mass is 449 g/mol. The molecular weight excluding hydrogens is 418 g/mol. The number of benzene rings is 2. The number of carbonyl (C=O) groups is 1. The molecular formula is C25H31N5OS. The molecule has 1 saturated carbocycles. The van der Waals surface area contributed by atoms with Gasteiger partial charge in [-0.3, -0.25) is 4.90 Å². The first-order chi connectivity index (χ1) is 15.7. The average molecular weight is 450 g/mol. The molecule has 1 aliphatic carbocycles. The van der Waals surface area contributed by atoms with Crippen LogP contribution in [0.5, 0.6) is 0 Å². The first-order valence-corrected chi connectivity index (χ1v) is 12.5. The van der Waals surface area contributed by atoms with Gasteiger partial charge in [-0.05, 0) is 60.6 Å². The minimum absolute atomic E-state index is 0.0836. The van der Waals surface area contributed by atoms with E-state index in [2.05, 4.69) is 56.8 Å². The van der Waals surface area contributed by atoms with Crippen LogP contribution in [-0.2, 0) is 6.42 Å². The van der Waals surface area contributed by atoms with Crippen LogP contribution < -0.4 is 15.5 Å². The van der Waals surface area contributed by atoms with Gasteiger partial charge in [0.15, 0.2) is 0 Å². The highest BCUT2D eigenvalue weighted by Crippen LogP contribution is 2.29. The molecule has 2 aromatic carbocycles. The van der Waals surface area contributed by atoms with Crippen molar-refractivity contribution in [3.05, 3.63) is 54.1 Å². The van der Waals surface area contributed by atoms with E-state index >= 15 is 0 Å². The molecule has 2 fully saturated rings. The average Bonchev–Trinajstić information content (AvgIpc) is 3.48. The molecule has 2 heterocycles. The number of amides is 2. The third kappa shape index (κ3) is 5.05. The van der Waals surface area contributed by atoms with Gasteiger partial charge in [-0.1, -0.05) is 37.1 Å². The van der Waals surface area contributed by atoms with Gasteiger partial charge >= 0.3 is 6.03 Å². The van der Waals surface area contributed by atoms with E-state index in [1.165, 1.54) is 28.5 Å². The van der Waals surface area contributed by atoms with Crippen LogP contribution in [0.4, 0.5) is 16.3 Å². The van der Waals surface area contributed by atoms with Crippen molar-refractivity contribution in [2.24, 2.45) is 0 Å². The van der Waals surface area contributed by atoms with Crippen LogP contribution in [0.25, 0.3) is 10.1 Å². The van der Waals surface area contributed by atoms with Gasteiger partial charge in [0.2, 0.25) is 0 Å². The van der Waals surface area contributed by atoms with Crippen molar-refractivity contribution >= 4 is 39.2 Å². The second-order valence-electron chi connectivity index (χ2n) is 8.86. The van der Waals surface area contributed by atoms with Gasteiger partial charge in [-0.2, -0.15) is 4.37 Å². The standard InChI is InChI=1S/C25H31N5OS/c31-25(26-20-7-1-2-8-20)27-21-9-5-6-19(18-21)12-13-29-14-16-30(17-15-29)24-22-10-3-4-11-23(22)32-28-24/h3-6,9-11,18,20H,1-2,7-8,12-17H2,(H2,26,27,31). The zero-order valence-electron chi connectivity index (χ0n) is 18.4. The van der Waals surface area contributed by atoms with E-state index in [1.54, 1.807) is 11.5 Å². The summed E-state index contributed by atoms with van der Waals surface area (Å²) in [5, 5.41) is 7.37. The summed E-state index contributed by atoms with van der Waals surface area (Å²) in [4.78, 5) is 17.2. The quantitative estimate of drug-likeness (QED) is 0.571. The molecule has 32 heavy (non-hydrogen) atoms. The van der Waals surface area contributed by atoms with Crippen LogP contribution in [0, 0.1) is 0 Å². The molecule has 7 heteroatoms. The van der Waals surface area contributed by atoms with Gasteiger partial charge in [-0.15, -0.1) is 0 Å². The van der Waals surface area contributed by atoms with E-state index in [4.69, 9.17) is 4.37 Å². The Morgan fingerprint density at radius 2 is 1.84 bits per heavy atom. The number of anilines is 2. The minimum atomic E-state index is -0.0836. The summed E-state index contributed by atoms with van der Waals surface area (Å²) in [6.07, 6.45) is 5.61. The normalized spacial score (nSPS) is 17.7. The molecule has 6 nitrogen and oxygen atoms in total. The van der Waals surface area contributed by atoms with Crippen molar-refractivity contribution in [1.29, 1.82) is 0 Å². The Hall–Kier alpha value is -2.64. The molecule has 0 spiro atoms. The topological polar surface area (TPSA) is 60.5 Å². The van der Waals surface area contributed by atoms with E-state index in [0.717, 1.165) is 63.5 Å². The van der Waals surface area contributed by atoms with E-state index in [1.807, 2.05) is 12.1 Å². The Morgan fingerprint density at radius 3 is 2.69 bits per heavy atom. The molecule has 3 aromatic rings. The predicted molar refractivity (Wildman–Crippen MR) is 133 cm³/mol. The summed E-state index contributed by atoms with van der Waals surface area (Å²) >= 11 is 1.59. The number of nitrogens with one attached hydrogen (secondary N) is 2. The molecule has 5 rings (SSSR count). The maximum atomic E-state index is 12.3. The van der Waals surface area contributed by atoms with Crippen molar-refractivity contribution in [2.45, 2.75) is 38.1 Å². The second kappa shape index (κ2) is 9.88. The molecule has 2 N–H and O–H groups in total. The Kier molecular flexibility index (Phi) is 6.55. The number of hydrogen-bond acceptors (Lipinski definition) is 5. The Balaban J connectivity index is 1.10. The van der Waals surface area contributed by atoms with Crippen LogP contribution in [0.15, 0.2) is 48.5 Å². The van der Waals surface area contributed by atoms with Crippen LogP contribution in [-0.4, -0.2) is 54.1 Å². The van der Waals surface area contributed by atoms with Gasteiger partial charge in [0, 0.05) is 49.8 Å². The van der Waals surface area contributed by atoms with Crippen molar-refractivity contribution in [3.8, 4) is 0 Å². The van der Waals surface area contributed by atoms with Crippen LogP contribution in [0.1, 0.15) is 31.2 Å². The molecule has 1 aromatic heterocycles. The molecule has 1 aliphatic heterocycles. The number of fused-ring (bicyclic) bond motifs is 1. The fraction of sp³-hybridized carbons (Fsp3) is 0.440. The van der Waals surface area contributed by atoms with Gasteiger partial charge in [0.1, 0.15) is 5.82 Å². The lowest BCUT2D eigenvalue weighted by atomic mass is 10.1. The summed E-state index contributed by atoms with van der Waals surface area (Å²) < 4.78 is 5.97. The maximum absolute atomic E-state index is 12.3. The van der Waals surface area contributed by atoms with Crippen LogP contribution in [0.2, 0.25) is 0 Å². The molecule has 1 saturated heterocycles. The number of aromatic nitrogens is 1. The molecule has 168 valence electrons. The van der Waals surface area contributed by atoms with Crippen LogP contribution >= 0.6 is 11.5 Å². The first kappa shape index (κ1) is 21.2. The molecule has 0 radical (unpaired) electrons. The predicted octanol–water partition coefficient (Wildman–Crippen LogP) is 4.73. The highest BCUT2D eigenvalue weighted by atomic mass is 32.1. The van der Waals surface area contributed by atoms with Gasteiger partial charge in [0.25, 0.3) is 0 Å². The number of piperazine rings is 1. The molecule has 2 amide bonds. The Morgan fingerprint density at radius 1 is 1.03 bits per heavy atom. The smallest absolute Gasteiger partial charge is 0.319 e. The number of hydrogen-bond donors (Lipinski definition) is 2. The first-order valence-electron chi connectivity index (χ1n) is 11.7.